The Labute approximate surface area is 157 Å². The van der Waals surface area contributed by atoms with E-state index in [4.69, 9.17) is 9.84 Å². The number of anilines is 1. The molecule has 0 unspecified atom stereocenters. The molecule has 0 aliphatic carbocycles. The monoisotopic (exact) mass is 396 g/mol. The number of ether oxygens (including phenoxy) is 1. The summed E-state index contributed by atoms with van der Waals surface area (Å²) in [6.07, 6.45) is 0.271. The average molecular weight is 396 g/mol. The summed E-state index contributed by atoms with van der Waals surface area (Å²) in [4.78, 5) is 12.3. The Bertz CT molecular complexity index is 902. The maximum absolute atomic E-state index is 13.8. The standard InChI is InChI=1S/C18H21FN2O5S/c1-2-26-17-9-8-13(27(24,25)20-10-5-11-22)12-16(17)21-18(23)14-6-3-4-7-15(14)19/h3-4,6-9,12,20,22H,2,5,10-11H2,1H3,(H,21,23). The molecule has 0 aliphatic rings. The summed E-state index contributed by atoms with van der Waals surface area (Å²) in [6.45, 7) is 1.96. The van der Waals surface area contributed by atoms with Crippen molar-refractivity contribution < 1.29 is 27.4 Å². The molecule has 2 aromatic carbocycles. The number of nitrogens with one attached hydrogen (secondary N) is 2. The van der Waals surface area contributed by atoms with Crippen LogP contribution in [0.1, 0.15) is 23.7 Å². The van der Waals surface area contributed by atoms with Gasteiger partial charge in [0.05, 0.1) is 22.8 Å². The molecule has 0 saturated carbocycles. The van der Waals surface area contributed by atoms with Gasteiger partial charge in [-0.15, -0.1) is 0 Å². The van der Waals surface area contributed by atoms with Gasteiger partial charge in [0.2, 0.25) is 10.0 Å². The Hall–Kier alpha value is -2.49. The molecule has 0 spiro atoms. The molecule has 0 saturated heterocycles. The van der Waals surface area contributed by atoms with E-state index in [1.165, 1.54) is 36.4 Å². The first-order valence-electron chi connectivity index (χ1n) is 8.32. The number of benzene rings is 2. The molecule has 1 amide bonds. The predicted molar refractivity (Wildman–Crippen MR) is 98.9 cm³/mol. The molecule has 2 aromatic rings. The maximum Gasteiger partial charge on any atom is 0.258 e. The molecule has 0 fully saturated rings. The van der Waals surface area contributed by atoms with Gasteiger partial charge in [0, 0.05) is 13.2 Å². The van der Waals surface area contributed by atoms with E-state index in [0.29, 0.717) is 6.61 Å². The highest BCUT2D eigenvalue weighted by molar-refractivity contribution is 7.89. The first kappa shape index (κ1) is 20.8. The van der Waals surface area contributed by atoms with Crippen LogP contribution in [0.5, 0.6) is 5.75 Å². The zero-order valence-corrected chi connectivity index (χ0v) is 15.6. The fourth-order valence-corrected chi connectivity index (χ4v) is 3.36. The van der Waals surface area contributed by atoms with Crippen molar-refractivity contribution in [3.8, 4) is 5.75 Å². The van der Waals surface area contributed by atoms with Crippen LogP contribution in [0.25, 0.3) is 0 Å². The van der Waals surface area contributed by atoms with Crippen molar-refractivity contribution in [1.82, 2.24) is 4.72 Å². The molecule has 9 heteroatoms. The van der Waals surface area contributed by atoms with Crippen LogP contribution in [-0.2, 0) is 10.0 Å². The lowest BCUT2D eigenvalue weighted by Gasteiger charge is -2.14. The topological polar surface area (TPSA) is 105 Å². The highest BCUT2D eigenvalue weighted by atomic mass is 32.2. The lowest BCUT2D eigenvalue weighted by atomic mass is 10.2. The van der Waals surface area contributed by atoms with Crippen molar-refractivity contribution in [3.63, 3.8) is 0 Å². The van der Waals surface area contributed by atoms with E-state index in [9.17, 15) is 17.6 Å². The van der Waals surface area contributed by atoms with E-state index < -0.39 is 21.7 Å². The summed E-state index contributed by atoms with van der Waals surface area (Å²) in [5, 5.41) is 11.3. The Morgan fingerprint density at radius 3 is 2.63 bits per heavy atom. The number of aliphatic hydroxyl groups excluding tert-OH is 1. The number of carbonyl (C=O) groups is 1. The molecule has 2 rings (SSSR count). The summed E-state index contributed by atoms with van der Waals surface area (Å²) in [7, 11) is -3.84. The van der Waals surface area contributed by atoms with Crippen LogP contribution in [0.4, 0.5) is 10.1 Å². The van der Waals surface area contributed by atoms with Crippen LogP contribution < -0.4 is 14.8 Å². The average Bonchev–Trinajstić information content (AvgIpc) is 2.63. The third-order valence-electron chi connectivity index (χ3n) is 3.55. The smallest absolute Gasteiger partial charge is 0.258 e. The van der Waals surface area contributed by atoms with E-state index in [1.54, 1.807) is 6.92 Å². The molecule has 27 heavy (non-hydrogen) atoms. The molecule has 0 atom stereocenters. The van der Waals surface area contributed by atoms with E-state index in [0.717, 1.165) is 6.07 Å². The largest absolute Gasteiger partial charge is 0.492 e. The minimum atomic E-state index is -3.84. The van der Waals surface area contributed by atoms with E-state index >= 15 is 0 Å². The molecular formula is C18H21FN2O5S. The van der Waals surface area contributed by atoms with Crippen LogP contribution in [0.15, 0.2) is 47.4 Å². The summed E-state index contributed by atoms with van der Waals surface area (Å²) in [5.74, 6) is -1.16. The third kappa shape index (κ3) is 5.49. The molecular weight excluding hydrogens is 375 g/mol. The first-order valence-corrected chi connectivity index (χ1v) is 9.80. The quantitative estimate of drug-likeness (QED) is 0.563. The van der Waals surface area contributed by atoms with Gasteiger partial charge in [-0.25, -0.2) is 17.5 Å². The maximum atomic E-state index is 13.8. The fraction of sp³-hybridized carbons (Fsp3) is 0.278. The highest BCUT2D eigenvalue weighted by Crippen LogP contribution is 2.28. The van der Waals surface area contributed by atoms with E-state index in [-0.39, 0.29) is 41.5 Å². The number of halogens is 1. The first-order chi connectivity index (χ1) is 12.9. The molecule has 3 N–H and O–H groups in total. The second-order valence-electron chi connectivity index (χ2n) is 5.50. The number of hydrogen-bond acceptors (Lipinski definition) is 5. The van der Waals surface area contributed by atoms with Gasteiger partial charge in [-0.3, -0.25) is 4.79 Å². The van der Waals surface area contributed by atoms with Gasteiger partial charge in [-0.05, 0) is 43.7 Å². The molecule has 0 heterocycles. The summed E-state index contributed by atoms with van der Waals surface area (Å²) in [5.41, 5.74) is -0.0654. The van der Waals surface area contributed by atoms with Gasteiger partial charge >= 0.3 is 0 Å². The van der Waals surface area contributed by atoms with Gasteiger partial charge < -0.3 is 15.2 Å². The van der Waals surface area contributed by atoms with Crippen LogP contribution in [-0.4, -0.2) is 39.2 Å². The highest BCUT2D eigenvalue weighted by Gasteiger charge is 2.19. The Morgan fingerprint density at radius 1 is 1.22 bits per heavy atom. The minimum absolute atomic E-state index is 0.0724. The molecule has 0 aliphatic heterocycles. The Balaban J connectivity index is 2.33. The number of aliphatic hydroxyl groups is 1. The lowest BCUT2D eigenvalue weighted by molar-refractivity contribution is 0.102. The second-order valence-corrected chi connectivity index (χ2v) is 7.27. The molecule has 146 valence electrons. The van der Waals surface area contributed by atoms with Gasteiger partial charge in [-0.1, -0.05) is 12.1 Å². The zero-order chi connectivity index (χ0) is 19.9. The second kappa shape index (κ2) is 9.45. The molecule has 0 radical (unpaired) electrons. The number of hydrogen-bond donors (Lipinski definition) is 3. The number of rotatable bonds is 9. The summed E-state index contributed by atoms with van der Waals surface area (Å²) < 4.78 is 46.2. The normalized spacial score (nSPS) is 11.2. The van der Waals surface area contributed by atoms with Crippen molar-refractivity contribution in [3.05, 3.63) is 53.8 Å². The van der Waals surface area contributed by atoms with Gasteiger partial charge in [0.1, 0.15) is 11.6 Å². The Morgan fingerprint density at radius 2 is 1.96 bits per heavy atom. The van der Waals surface area contributed by atoms with Crippen molar-refractivity contribution >= 4 is 21.6 Å². The summed E-state index contributed by atoms with van der Waals surface area (Å²) in [6, 6.07) is 9.46. The molecule has 0 bridgehead atoms. The summed E-state index contributed by atoms with van der Waals surface area (Å²) >= 11 is 0. The van der Waals surface area contributed by atoms with Crippen molar-refractivity contribution in [2.24, 2.45) is 0 Å². The zero-order valence-electron chi connectivity index (χ0n) is 14.7. The predicted octanol–water partition coefficient (Wildman–Crippen LogP) is 2.14. The third-order valence-corrected chi connectivity index (χ3v) is 5.01. The number of sulfonamides is 1. The van der Waals surface area contributed by atoms with Gasteiger partial charge in [-0.2, -0.15) is 0 Å². The molecule has 7 nitrogen and oxygen atoms in total. The van der Waals surface area contributed by atoms with Crippen LogP contribution in [0.3, 0.4) is 0 Å². The van der Waals surface area contributed by atoms with Crippen LogP contribution in [0, 0.1) is 5.82 Å². The van der Waals surface area contributed by atoms with Crippen molar-refractivity contribution in [1.29, 1.82) is 0 Å². The van der Waals surface area contributed by atoms with Crippen LogP contribution in [0.2, 0.25) is 0 Å². The molecule has 0 aromatic heterocycles. The number of carbonyl (C=O) groups excluding carboxylic acids is 1. The number of amides is 1. The lowest BCUT2D eigenvalue weighted by Crippen LogP contribution is -2.25. The van der Waals surface area contributed by atoms with E-state index in [1.807, 2.05) is 0 Å². The van der Waals surface area contributed by atoms with Gasteiger partial charge in [0.25, 0.3) is 5.91 Å². The SMILES string of the molecule is CCOc1ccc(S(=O)(=O)NCCCO)cc1NC(=O)c1ccccc1F. The fourth-order valence-electron chi connectivity index (χ4n) is 2.26. The van der Waals surface area contributed by atoms with Crippen molar-refractivity contribution in [2.75, 3.05) is 25.1 Å². The Kier molecular flexibility index (Phi) is 7.28. The van der Waals surface area contributed by atoms with Crippen molar-refractivity contribution in [2.45, 2.75) is 18.2 Å². The van der Waals surface area contributed by atoms with Crippen LogP contribution >= 0.6 is 0 Å². The van der Waals surface area contributed by atoms with E-state index in [2.05, 4.69) is 10.0 Å². The van der Waals surface area contributed by atoms with Gasteiger partial charge in [0.15, 0.2) is 0 Å². The minimum Gasteiger partial charge on any atom is -0.492 e.